The quantitative estimate of drug-likeness (QED) is 0.912. The Morgan fingerprint density at radius 3 is 2.78 bits per heavy atom. The summed E-state index contributed by atoms with van der Waals surface area (Å²) >= 11 is 1.65. The monoisotopic (exact) mass is 265 g/mol. The summed E-state index contributed by atoms with van der Waals surface area (Å²) in [7, 11) is 0. The minimum atomic E-state index is 0.707. The van der Waals surface area contributed by atoms with Gasteiger partial charge in [-0.3, -0.25) is 4.90 Å². The van der Waals surface area contributed by atoms with E-state index in [1.165, 1.54) is 56.4 Å². The van der Waals surface area contributed by atoms with Crippen LogP contribution in [0.1, 0.15) is 49.8 Å². The Labute approximate surface area is 113 Å². The van der Waals surface area contributed by atoms with Gasteiger partial charge in [0.2, 0.25) is 0 Å². The summed E-state index contributed by atoms with van der Waals surface area (Å²) in [5.74, 6) is 0.950. The molecule has 1 aliphatic heterocycles. The van der Waals surface area contributed by atoms with E-state index in [1.807, 2.05) is 6.20 Å². The first-order valence-corrected chi connectivity index (χ1v) is 8.09. The summed E-state index contributed by atoms with van der Waals surface area (Å²) in [6, 6.07) is 0.827. The third-order valence-electron chi connectivity index (χ3n) is 4.54. The molecule has 1 saturated carbocycles. The highest BCUT2D eigenvalue weighted by molar-refractivity contribution is 7.15. The Bertz CT molecular complexity index is 384. The molecule has 1 atom stereocenters. The topological polar surface area (TPSA) is 42.1 Å². The molecule has 0 radical (unpaired) electrons. The van der Waals surface area contributed by atoms with Crippen molar-refractivity contribution in [2.45, 2.75) is 57.5 Å². The number of nitrogen functional groups attached to an aromatic ring is 1. The molecule has 2 N–H and O–H groups in total. The number of nitrogens with two attached hydrogens (primary N) is 1. The van der Waals surface area contributed by atoms with Crippen molar-refractivity contribution >= 4 is 16.5 Å². The Balaban J connectivity index is 1.63. The van der Waals surface area contributed by atoms with Crippen LogP contribution in [-0.2, 0) is 6.54 Å². The molecule has 2 aliphatic rings. The summed E-state index contributed by atoms with van der Waals surface area (Å²) in [5.41, 5.74) is 5.72. The first-order chi connectivity index (χ1) is 8.83. The summed E-state index contributed by atoms with van der Waals surface area (Å²) < 4.78 is 0. The van der Waals surface area contributed by atoms with Crippen LogP contribution in [0.25, 0.3) is 0 Å². The number of thiazole rings is 1. The molecule has 1 aromatic rings. The van der Waals surface area contributed by atoms with E-state index >= 15 is 0 Å². The van der Waals surface area contributed by atoms with Crippen LogP contribution >= 0.6 is 11.3 Å². The van der Waals surface area contributed by atoms with E-state index in [2.05, 4.69) is 9.88 Å². The molecule has 2 fully saturated rings. The van der Waals surface area contributed by atoms with E-state index in [9.17, 15) is 0 Å². The average Bonchev–Trinajstić information content (AvgIpc) is 3.00. The molecular formula is C14H23N3S. The van der Waals surface area contributed by atoms with Gasteiger partial charge >= 0.3 is 0 Å². The number of rotatable bonds is 3. The SMILES string of the molecule is Nc1ncc(CN2CCCC2C2CCCCC2)s1. The number of likely N-dealkylation sites (tertiary alicyclic amines) is 1. The molecule has 0 spiro atoms. The minimum Gasteiger partial charge on any atom is -0.375 e. The van der Waals surface area contributed by atoms with Crippen LogP contribution in [-0.4, -0.2) is 22.5 Å². The van der Waals surface area contributed by atoms with Gasteiger partial charge < -0.3 is 5.73 Å². The molecule has 0 amide bonds. The number of nitrogens with zero attached hydrogens (tertiary/aromatic N) is 2. The van der Waals surface area contributed by atoms with Gasteiger partial charge in [0.25, 0.3) is 0 Å². The minimum absolute atomic E-state index is 0.707. The highest BCUT2D eigenvalue weighted by Crippen LogP contribution is 2.35. The number of hydrogen-bond donors (Lipinski definition) is 1. The fourth-order valence-electron chi connectivity index (χ4n) is 3.70. The van der Waals surface area contributed by atoms with E-state index in [0.717, 1.165) is 18.5 Å². The van der Waals surface area contributed by atoms with Crippen LogP contribution in [0.15, 0.2) is 6.20 Å². The van der Waals surface area contributed by atoms with Crippen LogP contribution in [0, 0.1) is 5.92 Å². The fourth-order valence-corrected chi connectivity index (χ4v) is 4.41. The molecule has 2 heterocycles. The first kappa shape index (κ1) is 12.4. The third-order valence-corrected chi connectivity index (χ3v) is 5.35. The van der Waals surface area contributed by atoms with Crippen LogP contribution in [0.3, 0.4) is 0 Å². The van der Waals surface area contributed by atoms with Crippen molar-refractivity contribution in [2.75, 3.05) is 12.3 Å². The molecule has 1 saturated heterocycles. The van der Waals surface area contributed by atoms with Crippen LogP contribution in [0.2, 0.25) is 0 Å². The third kappa shape index (κ3) is 2.69. The first-order valence-electron chi connectivity index (χ1n) is 7.27. The van der Waals surface area contributed by atoms with Crippen molar-refractivity contribution in [1.82, 2.24) is 9.88 Å². The standard InChI is InChI=1S/C14H23N3S/c15-14-16-9-12(18-14)10-17-8-4-7-13(17)11-5-2-1-3-6-11/h9,11,13H,1-8,10H2,(H2,15,16). The normalized spacial score (nSPS) is 26.8. The second-order valence-corrected chi connectivity index (χ2v) is 6.89. The van der Waals surface area contributed by atoms with Gasteiger partial charge in [-0.2, -0.15) is 0 Å². The maximum atomic E-state index is 5.72. The molecule has 0 bridgehead atoms. The summed E-state index contributed by atoms with van der Waals surface area (Å²) in [4.78, 5) is 8.18. The van der Waals surface area contributed by atoms with E-state index in [0.29, 0.717) is 5.13 Å². The van der Waals surface area contributed by atoms with Crippen molar-refractivity contribution in [3.63, 3.8) is 0 Å². The maximum Gasteiger partial charge on any atom is 0.180 e. The highest BCUT2D eigenvalue weighted by Gasteiger charge is 2.32. The van der Waals surface area contributed by atoms with Crippen molar-refractivity contribution < 1.29 is 0 Å². The average molecular weight is 265 g/mol. The van der Waals surface area contributed by atoms with Gasteiger partial charge in [-0.05, 0) is 38.1 Å². The van der Waals surface area contributed by atoms with Gasteiger partial charge in [-0.25, -0.2) is 4.98 Å². The highest BCUT2D eigenvalue weighted by atomic mass is 32.1. The van der Waals surface area contributed by atoms with Crippen molar-refractivity contribution in [3.05, 3.63) is 11.1 Å². The summed E-state index contributed by atoms with van der Waals surface area (Å²) in [6.45, 7) is 2.33. The largest absolute Gasteiger partial charge is 0.375 e. The molecule has 0 aromatic carbocycles. The van der Waals surface area contributed by atoms with E-state index in [4.69, 9.17) is 5.73 Å². The lowest BCUT2D eigenvalue weighted by molar-refractivity contribution is 0.152. The maximum absolute atomic E-state index is 5.72. The van der Waals surface area contributed by atoms with Gasteiger partial charge in [0.1, 0.15) is 0 Å². The zero-order valence-electron chi connectivity index (χ0n) is 11.0. The Hall–Kier alpha value is -0.610. The van der Waals surface area contributed by atoms with Gasteiger partial charge in [0, 0.05) is 23.7 Å². The number of anilines is 1. The Morgan fingerprint density at radius 1 is 1.22 bits per heavy atom. The van der Waals surface area contributed by atoms with E-state index in [-0.39, 0.29) is 0 Å². The molecule has 1 aliphatic carbocycles. The molecule has 3 nitrogen and oxygen atoms in total. The van der Waals surface area contributed by atoms with Gasteiger partial charge in [-0.1, -0.05) is 19.3 Å². The predicted octanol–water partition coefficient (Wildman–Crippen LogP) is 3.27. The van der Waals surface area contributed by atoms with Crippen molar-refractivity contribution in [1.29, 1.82) is 0 Å². The molecule has 3 rings (SSSR count). The zero-order valence-corrected chi connectivity index (χ0v) is 11.8. The lowest BCUT2D eigenvalue weighted by Gasteiger charge is -2.33. The molecular weight excluding hydrogens is 242 g/mol. The fraction of sp³-hybridized carbons (Fsp3) is 0.786. The molecule has 1 unspecified atom stereocenters. The summed E-state index contributed by atoms with van der Waals surface area (Å²) in [6.07, 6.45) is 12.0. The number of aromatic nitrogens is 1. The predicted molar refractivity (Wildman–Crippen MR) is 76.5 cm³/mol. The zero-order chi connectivity index (χ0) is 12.4. The van der Waals surface area contributed by atoms with Gasteiger partial charge in [0.15, 0.2) is 5.13 Å². The summed E-state index contributed by atoms with van der Waals surface area (Å²) in [5, 5.41) is 0.707. The van der Waals surface area contributed by atoms with Crippen molar-refractivity contribution in [2.24, 2.45) is 5.92 Å². The molecule has 18 heavy (non-hydrogen) atoms. The Morgan fingerprint density at radius 2 is 2.06 bits per heavy atom. The van der Waals surface area contributed by atoms with E-state index in [1.54, 1.807) is 11.3 Å². The molecule has 100 valence electrons. The van der Waals surface area contributed by atoms with Gasteiger partial charge in [0.05, 0.1) is 0 Å². The molecule has 4 heteroatoms. The number of hydrogen-bond acceptors (Lipinski definition) is 4. The Kier molecular flexibility index (Phi) is 3.85. The van der Waals surface area contributed by atoms with E-state index < -0.39 is 0 Å². The van der Waals surface area contributed by atoms with Crippen LogP contribution < -0.4 is 5.73 Å². The lowest BCUT2D eigenvalue weighted by atomic mass is 9.83. The molecule has 1 aromatic heterocycles. The second-order valence-electron chi connectivity index (χ2n) is 5.74. The lowest BCUT2D eigenvalue weighted by Crippen LogP contribution is -2.35. The second kappa shape index (κ2) is 5.57. The van der Waals surface area contributed by atoms with Gasteiger partial charge in [-0.15, -0.1) is 11.3 Å². The van der Waals surface area contributed by atoms with Crippen LogP contribution in [0.5, 0.6) is 0 Å². The van der Waals surface area contributed by atoms with Crippen molar-refractivity contribution in [3.8, 4) is 0 Å². The van der Waals surface area contributed by atoms with Crippen LogP contribution in [0.4, 0.5) is 5.13 Å². The smallest absolute Gasteiger partial charge is 0.180 e.